The number of likely N-dealkylation sites (tertiary alicyclic amines) is 1. The standard InChI is InChI=1S/C40H49N3O7/c1-24(2)22-29(23-44)43-36-38(47)42(34-25(3)14-13-15-26(34)4)21-12-8-11-18-31(45)41(6)27(5)35(28-16-9-7-10-17-28)49-39(48)32-30-19-20-40(36,50-30)33(32)37(43)46/h7-10,12-17,19-20,24,27,29-30,32-33,35-36,44H,11,18,21-23H2,1-6H3/b12-8-/t27-,29-,30+,32-,33-,35+,36+,40-/m1/s1. The molecule has 2 aromatic carbocycles. The van der Waals surface area contributed by atoms with Gasteiger partial charge in [0, 0.05) is 25.7 Å². The Morgan fingerprint density at radius 1 is 0.960 bits per heavy atom. The van der Waals surface area contributed by atoms with Gasteiger partial charge in [-0.05, 0) is 56.2 Å². The van der Waals surface area contributed by atoms with Crippen LogP contribution in [0.15, 0.2) is 72.8 Å². The summed E-state index contributed by atoms with van der Waals surface area (Å²) in [6.07, 6.45) is 6.86. The third-order valence-electron chi connectivity index (χ3n) is 10.9. The number of benzene rings is 2. The topological polar surface area (TPSA) is 117 Å². The van der Waals surface area contributed by atoms with Crippen molar-refractivity contribution in [2.45, 2.75) is 89.8 Å². The maximum atomic E-state index is 15.3. The molecule has 10 nitrogen and oxygen atoms in total. The average molecular weight is 684 g/mol. The number of aliphatic hydroxyl groups excluding tert-OH is 1. The molecule has 6 rings (SSSR count). The van der Waals surface area contributed by atoms with Crippen molar-refractivity contribution in [2.75, 3.05) is 25.1 Å². The van der Waals surface area contributed by atoms with E-state index >= 15 is 4.79 Å². The number of aliphatic hydroxyl groups is 1. The number of fused-ring (bicyclic) bond motifs is 2. The van der Waals surface area contributed by atoms with Gasteiger partial charge in [-0.25, -0.2) is 0 Å². The first-order valence-electron chi connectivity index (χ1n) is 17.7. The maximum absolute atomic E-state index is 15.3. The molecular weight excluding hydrogens is 634 g/mol. The second kappa shape index (κ2) is 14.2. The molecule has 266 valence electrons. The Balaban J connectivity index is 1.51. The highest BCUT2D eigenvalue weighted by Gasteiger charge is 2.74. The number of anilines is 1. The molecule has 0 unspecified atom stereocenters. The number of hydrogen-bond donors (Lipinski definition) is 1. The number of amides is 3. The van der Waals surface area contributed by atoms with E-state index in [2.05, 4.69) is 0 Å². The molecule has 4 heterocycles. The van der Waals surface area contributed by atoms with Crippen LogP contribution in [0.2, 0.25) is 0 Å². The van der Waals surface area contributed by atoms with Crippen LogP contribution >= 0.6 is 0 Å². The van der Waals surface area contributed by atoms with Crippen molar-refractivity contribution in [3.8, 4) is 0 Å². The molecule has 10 heteroatoms. The van der Waals surface area contributed by atoms with Crippen molar-refractivity contribution in [1.29, 1.82) is 0 Å². The monoisotopic (exact) mass is 683 g/mol. The molecule has 5 bridgehead atoms. The first-order chi connectivity index (χ1) is 23.9. The third-order valence-corrected chi connectivity index (χ3v) is 10.9. The summed E-state index contributed by atoms with van der Waals surface area (Å²) in [6.45, 7) is 9.58. The van der Waals surface area contributed by atoms with Gasteiger partial charge >= 0.3 is 5.97 Å². The Bertz CT molecular complexity index is 1670. The highest BCUT2D eigenvalue weighted by atomic mass is 16.6. The van der Waals surface area contributed by atoms with Crippen LogP contribution < -0.4 is 4.90 Å². The summed E-state index contributed by atoms with van der Waals surface area (Å²) in [4.78, 5) is 62.8. The smallest absolute Gasteiger partial charge is 0.313 e. The number of cyclic esters (lactones) is 1. The number of likely N-dealkylation sites (N-methyl/N-ethyl adjacent to an activating group) is 1. The lowest BCUT2D eigenvalue weighted by Crippen LogP contribution is -2.59. The number of hydrogen-bond acceptors (Lipinski definition) is 7. The van der Waals surface area contributed by atoms with Gasteiger partial charge in [-0.2, -0.15) is 0 Å². The number of carbonyl (C=O) groups excluding carboxylic acids is 4. The van der Waals surface area contributed by atoms with Crippen molar-refractivity contribution in [1.82, 2.24) is 9.80 Å². The molecule has 2 saturated heterocycles. The molecule has 0 aliphatic carbocycles. The molecule has 2 fully saturated rings. The molecule has 1 spiro atoms. The van der Waals surface area contributed by atoms with E-state index in [9.17, 15) is 19.5 Å². The molecule has 0 saturated carbocycles. The van der Waals surface area contributed by atoms with Crippen LogP contribution in [0.4, 0.5) is 5.69 Å². The van der Waals surface area contributed by atoms with Crippen LogP contribution in [0.1, 0.15) is 62.8 Å². The summed E-state index contributed by atoms with van der Waals surface area (Å²) in [5, 5.41) is 10.7. The lowest BCUT2D eigenvalue weighted by Gasteiger charge is -2.39. The van der Waals surface area contributed by atoms with E-state index in [4.69, 9.17) is 9.47 Å². The summed E-state index contributed by atoms with van der Waals surface area (Å²) < 4.78 is 13.0. The zero-order chi connectivity index (χ0) is 35.9. The number of nitrogens with zero attached hydrogens (tertiary/aromatic N) is 3. The molecule has 3 amide bonds. The first kappa shape index (κ1) is 35.5. The summed E-state index contributed by atoms with van der Waals surface area (Å²) >= 11 is 0. The Morgan fingerprint density at radius 3 is 2.32 bits per heavy atom. The molecule has 0 radical (unpaired) electrons. The lowest BCUT2D eigenvalue weighted by atomic mass is 9.74. The van der Waals surface area contributed by atoms with Crippen LogP contribution in [-0.4, -0.2) is 88.6 Å². The summed E-state index contributed by atoms with van der Waals surface area (Å²) in [7, 11) is 1.71. The first-order valence-corrected chi connectivity index (χ1v) is 17.7. The van der Waals surface area contributed by atoms with Crippen LogP contribution in [-0.2, 0) is 28.7 Å². The quantitative estimate of drug-likeness (QED) is 0.348. The second-order valence-corrected chi connectivity index (χ2v) is 14.6. The number of ether oxygens (including phenoxy) is 2. The van der Waals surface area contributed by atoms with Crippen LogP contribution in [0.25, 0.3) is 0 Å². The zero-order valence-corrected chi connectivity index (χ0v) is 29.8. The summed E-state index contributed by atoms with van der Waals surface area (Å²) in [6, 6.07) is 12.8. The number of rotatable bonds is 6. The van der Waals surface area contributed by atoms with E-state index in [1.807, 2.05) is 95.3 Å². The van der Waals surface area contributed by atoms with Crippen molar-refractivity contribution < 1.29 is 33.8 Å². The van der Waals surface area contributed by atoms with E-state index in [1.54, 1.807) is 29.0 Å². The van der Waals surface area contributed by atoms with Gasteiger partial charge in [-0.1, -0.05) is 86.7 Å². The van der Waals surface area contributed by atoms with Gasteiger partial charge in [-0.3, -0.25) is 19.2 Å². The van der Waals surface area contributed by atoms with E-state index in [0.717, 1.165) is 16.8 Å². The van der Waals surface area contributed by atoms with Crippen LogP contribution in [0, 0.1) is 31.6 Å². The highest BCUT2D eigenvalue weighted by molar-refractivity contribution is 6.06. The fourth-order valence-electron chi connectivity index (χ4n) is 8.44. The van der Waals surface area contributed by atoms with Gasteiger partial charge in [0.2, 0.25) is 11.8 Å². The van der Waals surface area contributed by atoms with E-state index in [-0.39, 0.29) is 37.3 Å². The predicted molar refractivity (Wildman–Crippen MR) is 189 cm³/mol. The molecular formula is C40H49N3O7. The van der Waals surface area contributed by atoms with Gasteiger partial charge in [0.1, 0.15) is 23.7 Å². The molecule has 4 aliphatic heterocycles. The number of para-hydroxylation sites is 1. The minimum atomic E-state index is -1.44. The minimum absolute atomic E-state index is 0.109. The van der Waals surface area contributed by atoms with Crippen molar-refractivity contribution >= 4 is 29.4 Å². The predicted octanol–water partition coefficient (Wildman–Crippen LogP) is 4.68. The van der Waals surface area contributed by atoms with Gasteiger partial charge in [-0.15, -0.1) is 0 Å². The number of esters is 1. The molecule has 50 heavy (non-hydrogen) atoms. The minimum Gasteiger partial charge on any atom is -0.455 e. The van der Waals surface area contributed by atoms with Gasteiger partial charge in [0.15, 0.2) is 0 Å². The Labute approximate surface area is 294 Å². The molecule has 2 aromatic rings. The van der Waals surface area contributed by atoms with E-state index in [0.29, 0.717) is 18.4 Å². The largest absolute Gasteiger partial charge is 0.455 e. The fourth-order valence-corrected chi connectivity index (χ4v) is 8.44. The fraction of sp³-hybridized carbons (Fsp3) is 0.500. The Morgan fingerprint density at radius 2 is 1.66 bits per heavy atom. The average Bonchev–Trinajstić information content (AvgIpc) is 3.74. The van der Waals surface area contributed by atoms with Crippen molar-refractivity contribution in [3.05, 3.63) is 89.5 Å². The van der Waals surface area contributed by atoms with Crippen molar-refractivity contribution in [2.24, 2.45) is 17.8 Å². The van der Waals surface area contributed by atoms with Gasteiger partial charge < -0.3 is 29.3 Å². The molecule has 0 aromatic heterocycles. The summed E-state index contributed by atoms with van der Waals surface area (Å²) in [5.41, 5.74) is 1.76. The highest BCUT2D eigenvalue weighted by Crippen LogP contribution is 2.57. The zero-order valence-electron chi connectivity index (χ0n) is 29.8. The molecule has 1 N–H and O–H groups in total. The Kier molecular flexibility index (Phi) is 10.1. The maximum Gasteiger partial charge on any atom is 0.313 e. The van der Waals surface area contributed by atoms with Crippen LogP contribution in [0.5, 0.6) is 0 Å². The normalized spacial score (nSPS) is 31.4. The SMILES string of the molecule is Cc1cccc(C)c1N1C/C=C\CCC(=O)N(C)[C@H](C)[C@@H](c2ccccc2)OC(=O)[C@@H]2[C@@H]3C=C[C@]4(O3)[C@H](C1=O)N([C@@H](CO)CC(C)C)C(=O)[C@@H]24. The summed E-state index contributed by atoms with van der Waals surface area (Å²) in [5.74, 6) is -3.48. The second-order valence-electron chi connectivity index (χ2n) is 14.6. The number of aryl methyl sites for hydroxylation is 2. The van der Waals surface area contributed by atoms with Gasteiger partial charge in [0.05, 0.1) is 30.7 Å². The van der Waals surface area contributed by atoms with Gasteiger partial charge in [0.25, 0.3) is 5.91 Å². The van der Waals surface area contributed by atoms with E-state index in [1.165, 1.54) is 4.90 Å². The Hall–Kier alpha value is -4.28. The number of allylic oxidation sites excluding steroid dienone is 1. The van der Waals surface area contributed by atoms with E-state index < -0.39 is 59.6 Å². The third kappa shape index (κ3) is 6.06. The lowest BCUT2D eigenvalue weighted by molar-refractivity contribution is -0.164. The molecule has 8 atom stereocenters. The molecule has 4 aliphatic rings. The van der Waals surface area contributed by atoms with Crippen molar-refractivity contribution in [3.63, 3.8) is 0 Å². The van der Waals surface area contributed by atoms with Crippen LogP contribution in [0.3, 0.4) is 0 Å². The number of carbonyl (C=O) groups is 4.